The molecule has 1 aliphatic carbocycles. The summed E-state index contributed by atoms with van der Waals surface area (Å²) in [6.45, 7) is 0. The highest BCUT2D eigenvalue weighted by Crippen LogP contribution is 2.56. The summed E-state index contributed by atoms with van der Waals surface area (Å²) >= 11 is 0. The molecule has 0 heterocycles. The number of rotatable bonds is 6. The van der Waals surface area contributed by atoms with Crippen molar-refractivity contribution in [2.24, 2.45) is 0 Å². The van der Waals surface area contributed by atoms with Crippen LogP contribution in [0.4, 0.5) is 0 Å². The standard InChI is InChI=1S/C34H30O4/c1-36-26-21-28(37-2)32(29(22-26)38-3)33-30(24-15-9-5-10-16-24)27(20-19-23-13-7-4-8-14-23)31(34(33)35)25-17-11-6-12-18-25/h4-18,21-22,31,33-35H,1-3H3/t31-,33+,34+/m0/s1. The van der Waals surface area contributed by atoms with E-state index < -0.39 is 12.0 Å². The molecule has 0 unspecified atom stereocenters. The molecular formula is C34H30O4. The van der Waals surface area contributed by atoms with E-state index in [1.165, 1.54) is 0 Å². The Morgan fingerprint density at radius 1 is 0.632 bits per heavy atom. The van der Waals surface area contributed by atoms with E-state index in [-0.39, 0.29) is 5.92 Å². The molecular weight excluding hydrogens is 472 g/mol. The Balaban J connectivity index is 1.82. The van der Waals surface area contributed by atoms with Crippen LogP contribution in [0.3, 0.4) is 0 Å². The molecule has 4 aromatic rings. The second-order valence-corrected chi connectivity index (χ2v) is 9.11. The van der Waals surface area contributed by atoms with Crippen LogP contribution in [0.1, 0.15) is 34.1 Å². The summed E-state index contributed by atoms with van der Waals surface area (Å²) in [7, 11) is 4.85. The maximum absolute atomic E-state index is 12.2. The third kappa shape index (κ3) is 4.77. The van der Waals surface area contributed by atoms with E-state index in [1.54, 1.807) is 21.3 Å². The Labute approximate surface area is 224 Å². The minimum absolute atomic E-state index is 0.343. The van der Waals surface area contributed by atoms with Gasteiger partial charge in [0.1, 0.15) is 17.2 Å². The van der Waals surface area contributed by atoms with Gasteiger partial charge in [0.25, 0.3) is 0 Å². The lowest BCUT2D eigenvalue weighted by atomic mass is 9.83. The molecule has 0 radical (unpaired) electrons. The predicted molar refractivity (Wildman–Crippen MR) is 151 cm³/mol. The van der Waals surface area contributed by atoms with E-state index in [1.807, 2.05) is 91.0 Å². The zero-order valence-corrected chi connectivity index (χ0v) is 21.7. The first-order valence-corrected chi connectivity index (χ1v) is 12.6. The fourth-order valence-corrected chi connectivity index (χ4v) is 5.31. The van der Waals surface area contributed by atoms with Crippen LogP contribution in [0, 0.1) is 11.8 Å². The molecule has 0 fully saturated rings. The largest absolute Gasteiger partial charge is 0.496 e. The Hall–Kier alpha value is -4.46. The number of hydrogen-bond acceptors (Lipinski definition) is 4. The second-order valence-electron chi connectivity index (χ2n) is 9.11. The molecule has 0 bridgehead atoms. The van der Waals surface area contributed by atoms with Crippen LogP contribution in [0.15, 0.2) is 109 Å². The summed E-state index contributed by atoms with van der Waals surface area (Å²) in [6.07, 6.45) is -0.816. The van der Waals surface area contributed by atoms with Crippen LogP contribution in [0.25, 0.3) is 5.57 Å². The van der Waals surface area contributed by atoms with E-state index in [9.17, 15) is 5.11 Å². The molecule has 5 rings (SSSR count). The first-order valence-electron chi connectivity index (χ1n) is 12.6. The summed E-state index contributed by atoms with van der Waals surface area (Å²) < 4.78 is 17.2. The molecule has 38 heavy (non-hydrogen) atoms. The average molecular weight is 503 g/mol. The van der Waals surface area contributed by atoms with E-state index in [2.05, 4.69) is 24.0 Å². The van der Waals surface area contributed by atoms with Gasteiger partial charge in [-0.15, -0.1) is 0 Å². The highest BCUT2D eigenvalue weighted by molar-refractivity contribution is 5.85. The lowest BCUT2D eigenvalue weighted by Gasteiger charge is -2.26. The van der Waals surface area contributed by atoms with E-state index in [0.29, 0.717) is 17.2 Å². The molecule has 0 saturated carbocycles. The maximum atomic E-state index is 12.2. The van der Waals surface area contributed by atoms with E-state index in [4.69, 9.17) is 14.2 Å². The Morgan fingerprint density at radius 2 is 1.18 bits per heavy atom. The number of ether oxygens (including phenoxy) is 3. The Morgan fingerprint density at radius 3 is 1.74 bits per heavy atom. The molecule has 4 nitrogen and oxygen atoms in total. The summed E-state index contributed by atoms with van der Waals surface area (Å²) in [4.78, 5) is 0. The van der Waals surface area contributed by atoms with Crippen molar-refractivity contribution in [1.29, 1.82) is 0 Å². The van der Waals surface area contributed by atoms with Gasteiger partial charge in [0.2, 0.25) is 0 Å². The van der Waals surface area contributed by atoms with Gasteiger partial charge in [0.15, 0.2) is 0 Å². The van der Waals surface area contributed by atoms with Crippen molar-refractivity contribution in [2.75, 3.05) is 21.3 Å². The SMILES string of the molecule is COc1cc(OC)c([C@H]2C(c3ccccc3)=C(C#Cc3ccccc3)[C@H](c3ccccc3)[C@H]2O)c(OC)c1. The molecule has 1 aliphatic rings. The van der Waals surface area contributed by atoms with Gasteiger partial charge in [-0.2, -0.15) is 0 Å². The molecule has 1 N–H and O–H groups in total. The minimum atomic E-state index is -0.816. The van der Waals surface area contributed by atoms with E-state index in [0.717, 1.165) is 33.4 Å². The van der Waals surface area contributed by atoms with Crippen molar-refractivity contribution in [3.05, 3.63) is 131 Å². The molecule has 0 spiro atoms. The lowest BCUT2D eigenvalue weighted by molar-refractivity contribution is 0.152. The second kappa shape index (κ2) is 11.3. The van der Waals surface area contributed by atoms with Crippen molar-refractivity contribution in [3.8, 4) is 29.1 Å². The Kier molecular flexibility index (Phi) is 7.49. The van der Waals surface area contributed by atoms with Gasteiger partial charge in [0.05, 0.1) is 27.4 Å². The molecule has 4 heteroatoms. The fraction of sp³-hybridized carbons (Fsp3) is 0.176. The number of benzene rings is 4. The van der Waals surface area contributed by atoms with Gasteiger partial charge in [-0.05, 0) is 28.8 Å². The van der Waals surface area contributed by atoms with Crippen molar-refractivity contribution >= 4 is 5.57 Å². The van der Waals surface area contributed by atoms with E-state index >= 15 is 0 Å². The highest BCUT2D eigenvalue weighted by Gasteiger charge is 2.45. The molecule has 0 amide bonds. The van der Waals surface area contributed by atoms with Gasteiger partial charge >= 0.3 is 0 Å². The van der Waals surface area contributed by atoms with Crippen molar-refractivity contribution in [1.82, 2.24) is 0 Å². The van der Waals surface area contributed by atoms with Gasteiger partial charge in [-0.3, -0.25) is 0 Å². The molecule has 0 aromatic heterocycles. The van der Waals surface area contributed by atoms with Crippen molar-refractivity contribution < 1.29 is 19.3 Å². The van der Waals surface area contributed by atoms with Crippen molar-refractivity contribution in [3.63, 3.8) is 0 Å². The van der Waals surface area contributed by atoms with Crippen molar-refractivity contribution in [2.45, 2.75) is 17.9 Å². The quantitative estimate of drug-likeness (QED) is 0.308. The average Bonchev–Trinajstić information content (AvgIpc) is 3.27. The lowest BCUT2D eigenvalue weighted by Crippen LogP contribution is -2.22. The first kappa shape index (κ1) is 25.2. The maximum Gasteiger partial charge on any atom is 0.130 e. The number of hydrogen-bond donors (Lipinski definition) is 1. The van der Waals surface area contributed by atoms with Gasteiger partial charge in [-0.25, -0.2) is 0 Å². The normalized spacial score (nSPS) is 18.5. The molecule has 3 atom stereocenters. The van der Waals surface area contributed by atoms with Gasteiger partial charge in [0, 0.05) is 40.7 Å². The summed E-state index contributed by atoms with van der Waals surface area (Å²) in [5.41, 5.74) is 5.50. The predicted octanol–water partition coefficient (Wildman–Crippen LogP) is 6.46. The summed E-state index contributed by atoms with van der Waals surface area (Å²) in [6, 6.07) is 33.8. The summed E-state index contributed by atoms with van der Waals surface area (Å²) in [5, 5.41) is 12.2. The van der Waals surface area contributed by atoms with Gasteiger partial charge < -0.3 is 19.3 Å². The molecule has 190 valence electrons. The van der Waals surface area contributed by atoms with Crippen LogP contribution < -0.4 is 14.2 Å². The monoisotopic (exact) mass is 502 g/mol. The topological polar surface area (TPSA) is 47.9 Å². The van der Waals surface area contributed by atoms with Crippen LogP contribution >= 0.6 is 0 Å². The molecule has 0 aliphatic heterocycles. The third-order valence-electron chi connectivity index (χ3n) is 7.02. The third-order valence-corrected chi connectivity index (χ3v) is 7.02. The zero-order valence-electron chi connectivity index (χ0n) is 21.7. The van der Waals surface area contributed by atoms with Gasteiger partial charge in [-0.1, -0.05) is 90.7 Å². The number of aliphatic hydroxyl groups excluding tert-OH is 1. The zero-order chi connectivity index (χ0) is 26.5. The first-order chi connectivity index (χ1) is 18.7. The van der Waals surface area contributed by atoms with Crippen LogP contribution in [-0.2, 0) is 0 Å². The van der Waals surface area contributed by atoms with Crippen LogP contribution in [0.5, 0.6) is 17.2 Å². The molecule has 4 aromatic carbocycles. The number of aliphatic hydroxyl groups is 1. The minimum Gasteiger partial charge on any atom is -0.496 e. The highest BCUT2D eigenvalue weighted by atomic mass is 16.5. The fourth-order valence-electron chi connectivity index (χ4n) is 5.31. The molecule has 0 saturated heterocycles. The van der Waals surface area contributed by atoms with Crippen LogP contribution in [0.2, 0.25) is 0 Å². The Bertz CT molecular complexity index is 1460. The number of methoxy groups -OCH3 is 3. The smallest absolute Gasteiger partial charge is 0.130 e. The van der Waals surface area contributed by atoms with Crippen LogP contribution in [-0.4, -0.2) is 32.5 Å². The summed E-state index contributed by atoms with van der Waals surface area (Å²) in [5.74, 6) is 7.82.